The molecule has 0 aliphatic heterocycles. The highest BCUT2D eigenvalue weighted by atomic mass is 32.1. The highest BCUT2D eigenvalue weighted by molar-refractivity contribution is 7.15. The van der Waals surface area contributed by atoms with Gasteiger partial charge in [0.25, 0.3) is 5.69 Å². The Morgan fingerprint density at radius 2 is 2.33 bits per heavy atom. The first-order valence-electron chi connectivity index (χ1n) is 4.85. The molecule has 0 spiro atoms. The quantitative estimate of drug-likeness (QED) is 0.476. The average Bonchev–Trinajstić information content (AvgIpc) is 2.84. The van der Waals surface area contributed by atoms with Crippen LogP contribution in [0.25, 0.3) is 0 Å². The minimum absolute atomic E-state index is 0.0194. The van der Waals surface area contributed by atoms with Crippen LogP contribution in [0.3, 0.4) is 0 Å². The average molecular weight is 267 g/mol. The number of hydrogen-bond donors (Lipinski definition) is 2. The normalized spacial score (nSPS) is 10.1. The molecule has 18 heavy (non-hydrogen) atoms. The van der Waals surface area contributed by atoms with Gasteiger partial charge in [-0.1, -0.05) is 17.4 Å². The van der Waals surface area contributed by atoms with Crippen LogP contribution in [0.2, 0.25) is 0 Å². The third kappa shape index (κ3) is 2.90. The molecule has 1 aromatic carbocycles. The lowest BCUT2D eigenvalue weighted by molar-refractivity contribution is -0.384. The van der Waals surface area contributed by atoms with Gasteiger partial charge in [0.15, 0.2) is 5.01 Å². The number of nitrogens with two attached hydrogens (primary N) is 1. The summed E-state index contributed by atoms with van der Waals surface area (Å²) in [6, 6.07) is 5.94. The van der Waals surface area contributed by atoms with E-state index in [-0.39, 0.29) is 12.3 Å². The first-order chi connectivity index (χ1) is 8.69. The molecule has 0 radical (unpaired) electrons. The van der Waals surface area contributed by atoms with Crippen LogP contribution in [-0.4, -0.2) is 15.1 Å². The molecule has 0 unspecified atom stereocenters. The van der Waals surface area contributed by atoms with E-state index in [1.165, 1.54) is 23.5 Å². The SMILES string of the molecule is NNc1nnc(COc2cccc([N+](=O)[O-])c2)s1. The second kappa shape index (κ2) is 5.38. The van der Waals surface area contributed by atoms with Crippen molar-refractivity contribution in [1.29, 1.82) is 0 Å². The molecule has 9 heteroatoms. The third-order valence-electron chi connectivity index (χ3n) is 1.98. The Labute approximate surface area is 106 Å². The van der Waals surface area contributed by atoms with E-state index in [0.29, 0.717) is 15.9 Å². The van der Waals surface area contributed by atoms with Gasteiger partial charge in [0.1, 0.15) is 12.4 Å². The predicted octanol–water partition coefficient (Wildman–Crippen LogP) is 1.31. The van der Waals surface area contributed by atoms with E-state index >= 15 is 0 Å². The molecule has 1 aromatic heterocycles. The topological polar surface area (TPSA) is 116 Å². The molecule has 2 rings (SSSR count). The molecule has 3 N–H and O–H groups in total. The Morgan fingerprint density at radius 1 is 1.50 bits per heavy atom. The Bertz CT molecular complexity index is 559. The Morgan fingerprint density at radius 3 is 3.00 bits per heavy atom. The molecule has 94 valence electrons. The van der Waals surface area contributed by atoms with E-state index in [4.69, 9.17) is 10.6 Å². The van der Waals surface area contributed by atoms with Crippen LogP contribution < -0.4 is 16.0 Å². The van der Waals surface area contributed by atoms with Crippen LogP contribution in [0.5, 0.6) is 5.75 Å². The van der Waals surface area contributed by atoms with Gasteiger partial charge < -0.3 is 4.74 Å². The van der Waals surface area contributed by atoms with Crippen molar-refractivity contribution in [3.05, 3.63) is 39.4 Å². The highest BCUT2D eigenvalue weighted by Crippen LogP contribution is 2.21. The fourth-order valence-corrected chi connectivity index (χ4v) is 1.77. The fraction of sp³-hybridized carbons (Fsp3) is 0.111. The summed E-state index contributed by atoms with van der Waals surface area (Å²) in [5.74, 6) is 5.57. The molecule has 0 aliphatic rings. The van der Waals surface area contributed by atoms with Crippen molar-refractivity contribution in [2.24, 2.45) is 5.84 Å². The predicted molar refractivity (Wildman–Crippen MR) is 65.1 cm³/mol. The van der Waals surface area contributed by atoms with Gasteiger partial charge in [0.2, 0.25) is 5.13 Å². The molecular weight excluding hydrogens is 258 g/mol. The van der Waals surface area contributed by atoms with E-state index in [0.717, 1.165) is 0 Å². The molecule has 0 saturated carbocycles. The van der Waals surface area contributed by atoms with Gasteiger partial charge in [0, 0.05) is 6.07 Å². The summed E-state index contributed by atoms with van der Waals surface area (Å²) in [4.78, 5) is 10.1. The first-order valence-corrected chi connectivity index (χ1v) is 5.67. The summed E-state index contributed by atoms with van der Waals surface area (Å²) >= 11 is 1.25. The zero-order chi connectivity index (χ0) is 13.0. The Hall–Kier alpha value is -2.26. The summed E-state index contributed by atoms with van der Waals surface area (Å²) in [5, 5.41) is 19.2. The Kier molecular flexibility index (Phi) is 3.65. The fourth-order valence-electron chi connectivity index (χ4n) is 1.20. The van der Waals surface area contributed by atoms with Gasteiger partial charge in [-0.05, 0) is 6.07 Å². The lowest BCUT2D eigenvalue weighted by Gasteiger charge is -2.02. The number of benzene rings is 1. The number of hydrazine groups is 1. The number of rotatable bonds is 5. The highest BCUT2D eigenvalue weighted by Gasteiger charge is 2.08. The molecule has 0 amide bonds. The largest absolute Gasteiger partial charge is 0.486 e. The molecular formula is C9H9N5O3S. The number of non-ortho nitro benzene ring substituents is 1. The van der Waals surface area contributed by atoms with Crippen molar-refractivity contribution in [3.8, 4) is 5.75 Å². The smallest absolute Gasteiger partial charge is 0.273 e. The molecule has 8 nitrogen and oxygen atoms in total. The maximum absolute atomic E-state index is 10.6. The van der Waals surface area contributed by atoms with Crippen molar-refractivity contribution in [2.75, 3.05) is 5.43 Å². The summed E-state index contributed by atoms with van der Waals surface area (Å²) in [6.07, 6.45) is 0. The number of hydrogen-bond acceptors (Lipinski definition) is 8. The van der Waals surface area contributed by atoms with E-state index in [9.17, 15) is 10.1 Å². The summed E-state index contributed by atoms with van der Waals surface area (Å²) in [7, 11) is 0. The second-order valence-corrected chi connectivity index (χ2v) is 4.25. The summed E-state index contributed by atoms with van der Waals surface area (Å²) in [6.45, 7) is 0.181. The first kappa shape index (κ1) is 12.2. The van der Waals surface area contributed by atoms with Crippen LogP contribution in [0.15, 0.2) is 24.3 Å². The van der Waals surface area contributed by atoms with Crippen LogP contribution in [0.4, 0.5) is 10.8 Å². The molecule has 0 atom stereocenters. The van der Waals surface area contributed by atoms with Crippen LogP contribution in [0, 0.1) is 10.1 Å². The van der Waals surface area contributed by atoms with Crippen molar-refractivity contribution < 1.29 is 9.66 Å². The lowest BCUT2D eigenvalue weighted by atomic mass is 10.3. The molecule has 1 heterocycles. The molecule has 0 fully saturated rings. The van der Waals surface area contributed by atoms with Gasteiger partial charge in [-0.25, -0.2) is 5.84 Å². The second-order valence-electron chi connectivity index (χ2n) is 3.19. The van der Waals surface area contributed by atoms with Crippen LogP contribution >= 0.6 is 11.3 Å². The lowest BCUT2D eigenvalue weighted by Crippen LogP contribution is -2.05. The third-order valence-corrected chi connectivity index (χ3v) is 2.81. The molecule has 2 aromatic rings. The van der Waals surface area contributed by atoms with Crippen molar-refractivity contribution in [2.45, 2.75) is 6.61 Å². The number of nitro groups is 1. The van der Waals surface area contributed by atoms with E-state index in [2.05, 4.69) is 15.6 Å². The number of nitrogens with zero attached hydrogens (tertiary/aromatic N) is 3. The van der Waals surface area contributed by atoms with Crippen molar-refractivity contribution in [3.63, 3.8) is 0 Å². The minimum Gasteiger partial charge on any atom is -0.486 e. The monoisotopic (exact) mass is 267 g/mol. The van der Waals surface area contributed by atoms with E-state index < -0.39 is 4.92 Å². The maximum atomic E-state index is 10.6. The number of aromatic nitrogens is 2. The van der Waals surface area contributed by atoms with Gasteiger partial charge >= 0.3 is 0 Å². The zero-order valence-electron chi connectivity index (χ0n) is 9.07. The van der Waals surface area contributed by atoms with Gasteiger partial charge in [-0.15, -0.1) is 10.2 Å². The van der Waals surface area contributed by atoms with Crippen LogP contribution in [-0.2, 0) is 6.61 Å². The number of ether oxygens (including phenoxy) is 1. The summed E-state index contributed by atoms with van der Waals surface area (Å²) in [5.41, 5.74) is 2.35. The van der Waals surface area contributed by atoms with E-state index in [1.54, 1.807) is 12.1 Å². The molecule has 0 bridgehead atoms. The number of anilines is 1. The van der Waals surface area contributed by atoms with Gasteiger partial charge in [-0.3, -0.25) is 15.5 Å². The number of nitrogens with one attached hydrogen (secondary N) is 1. The van der Waals surface area contributed by atoms with E-state index in [1.807, 2.05) is 0 Å². The van der Waals surface area contributed by atoms with Gasteiger partial charge in [0.05, 0.1) is 11.0 Å². The minimum atomic E-state index is -0.478. The van der Waals surface area contributed by atoms with Gasteiger partial charge in [-0.2, -0.15) is 0 Å². The summed E-state index contributed by atoms with van der Waals surface area (Å²) < 4.78 is 5.38. The zero-order valence-corrected chi connectivity index (χ0v) is 9.88. The van der Waals surface area contributed by atoms with Crippen LogP contribution in [0.1, 0.15) is 5.01 Å². The van der Waals surface area contributed by atoms with Crippen molar-refractivity contribution in [1.82, 2.24) is 10.2 Å². The standard InChI is InChI=1S/C9H9N5O3S/c10-11-9-13-12-8(18-9)5-17-7-3-1-2-6(4-7)14(15)16/h1-4H,5,10H2,(H,11,13). The maximum Gasteiger partial charge on any atom is 0.273 e. The number of nitrogen functional groups attached to an aromatic ring is 1. The Balaban J connectivity index is 2.01. The van der Waals surface area contributed by atoms with Crippen molar-refractivity contribution >= 4 is 22.2 Å². The molecule has 0 saturated heterocycles. The molecule has 0 aliphatic carbocycles. The number of nitro benzene ring substituents is 1.